The van der Waals surface area contributed by atoms with Crippen molar-refractivity contribution in [3.05, 3.63) is 23.3 Å². The van der Waals surface area contributed by atoms with Crippen LogP contribution in [-0.2, 0) is 15.8 Å². The minimum Gasteiger partial charge on any atom is -0.361 e. The van der Waals surface area contributed by atoms with Crippen molar-refractivity contribution >= 4 is 10.0 Å². The van der Waals surface area contributed by atoms with Gasteiger partial charge in [-0.3, -0.25) is 0 Å². The number of nitrogens with one attached hydrogen (secondary N) is 2. The van der Waals surface area contributed by atoms with Crippen molar-refractivity contribution in [1.82, 2.24) is 30.5 Å². The van der Waals surface area contributed by atoms with Crippen LogP contribution in [-0.4, -0.2) is 34.2 Å². The molecule has 9 nitrogen and oxygen atoms in total. The number of aryl methyl sites for hydroxylation is 1. The summed E-state index contributed by atoms with van der Waals surface area (Å²) in [5.74, 6) is 0.577. The minimum atomic E-state index is -3.54. The standard InChI is InChI=1S/C8H12N6O3S/c1-5-3-7(11-17-5)4-18(15,16)12-6(2)8-9-13-14-10-8/h3,6,12H,4H2,1-2H3,(H,9,10,13,14). The Morgan fingerprint density at radius 1 is 1.56 bits per heavy atom. The van der Waals surface area contributed by atoms with Crippen LogP contribution in [0.2, 0.25) is 0 Å². The average molecular weight is 272 g/mol. The van der Waals surface area contributed by atoms with Gasteiger partial charge in [0.25, 0.3) is 0 Å². The fraction of sp³-hybridized carbons (Fsp3) is 0.500. The highest BCUT2D eigenvalue weighted by Crippen LogP contribution is 2.10. The van der Waals surface area contributed by atoms with Gasteiger partial charge >= 0.3 is 0 Å². The third-order valence-electron chi connectivity index (χ3n) is 2.12. The van der Waals surface area contributed by atoms with Gasteiger partial charge in [0, 0.05) is 6.07 Å². The number of sulfonamides is 1. The number of hydrogen-bond acceptors (Lipinski definition) is 7. The molecule has 0 amide bonds. The summed E-state index contributed by atoms with van der Waals surface area (Å²) >= 11 is 0. The fourth-order valence-electron chi connectivity index (χ4n) is 1.40. The summed E-state index contributed by atoms with van der Waals surface area (Å²) < 4.78 is 30.9. The normalized spacial score (nSPS) is 13.7. The lowest BCUT2D eigenvalue weighted by Gasteiger charge is -2.09. The van der Waals surface area contributed by atoms with Crippen LogP contribution in [0.25, 0.3) is 0 Å². The molecule has 0 aliphatic heterocycles. The molecule has 0 aliphatic rings. The van der Waals surface area contributed by atoms with Gasteiger partial charge in [0.2, 0.25) is 10.0 Å². The van der Waals surface area contributed by atoms with Crippen molar-refractivity contribution in [2.75, 3.05) is 0 Å². The fourth-order valence-corrected chi connectivity index (χ4v) is 2.65. The number of hydrogen-bond donors (Lipinski definition) is 2. The van der Waals surface area contributed by atoms with E-state index in [1.165, 1.54) is 0 Å². The van der Waals surface area contributed by atoms with Crippen LogP contribution < -0.4 is 4.72 Å². The Morgan fingerprint density at radius 2 is 2.33 bits per heavy atom. The van der Waals surface area contributed by atoms with Crippen molar-refractivity contribution in [1.29, 1.82) is 0 Å². The molecular weight excluding hydrogens is 260 g/mol. The zero-order valence-corrected chi connectivity index (χ0v) is 10.6. The van der Waals surface area contributed by atoms with Gasteiger partial charge in [0.1, 0.15) is 17.2 Å². The Hall–Kier alpha value is -1.81. The van der Waals surface area contributed by atoms with Crippen molar-refractivity contribution in [3.63, 3.8) is 0 Å². The van der Waals surface area contributed by atoms with Crippen LogP contribution in [0.5, 0.6) is 0 Å². The van der Waals surface area contributed by atoms with Gasteiger partial charge in [0.05, 0.1) is 6.04 Å². The van der Waals surface area contributed by atoms with Gasteiger partial charge in [-0.05, 0) is 13.8 Å². The second kappa shape index (κ2) is 4.82. The first-order valence-corrected chi connectivity index (χ1v) is 6.77. The lowest BCUT2D eigenvalue weighted by molar-refractivity contribution is 0.392. The Bertz CT molecular complexity index is 605. The third kappa shape index (κ3) is 3.11. The highest BCUT2D eigenvalue weighted by atomic mass is 32.2. The van der Waals surface area contributed by atoms with E-state index in [-0.39, 0.29) is 11.6 Å². The number of aromatic amines is 1. The highest BCUT2D eigenvalue weighted by Gasteiger charge is 2.20. The van der Waals surface area contributed by atoms with Gasteiger partial charge in [-0.25, -0.2) is 13.1 Å². The highest BCUT2D eigenvalue weighted by molar-refractivity contribution is 7.88. The minimum absolute atomic E-state index is 0.257. The van der Waals surface area contributed by atoms with E-state index >= 15 is 0 Å². The zero-order chi connectivity index (χ0) is 13.2. The Morgan fingerprint density at radius 3 is 2.89 bits per heavy atom. The summed E-state index contributed by atoms with van der Waals surface area (Å²) in [6.07, 6.45) is 0. The van der Waals surface area contributed by atoms with Crippen LogP contribution >= 0.6 is 0 Å². The van der Waals surface area contributed by atoms with E-state index in [1.807, 2.05) is 0 Å². The van der Waals surface area contributed by atoms with Gasteiger partial charge < -0.3 is 4.52 Å². The van der Waals surface area contributed by atoms with Crippen LogP contribution in [0.4, 0.5) is 0 Å². The smallest absolute Gasteiger partial charge is 0.218 e. The molecule has 1 atom stereocenters. The lowest BCUT2D eigenvalue weighted by atomic mass is 10.4. The van der Waals surface area contributed by atoms with Gasteiger partial charge in [-0.2, -0.15) is 5.21 Å². The van der Waals surface area contributed by atoms with E-state index in [0.29, 0.717) is 11.5 Å². The molecule has 2 rings (SSSR count). The molecule has 10 heteroatoms. The molecule has 0 bridgehead atoms. The molecule has 0 aliphatic carbocycles. The maximum atomic E-state index is 11.8. The first-order valence-electron chi connectivity index (χ1n) is 5.12. The Labute approximate surface area is 103 Å². The van der Waals surface area contributed by atoms with Gasteiger partial charge in [-0.1, -0.05) is 10.4 Å². The topological polar surface area (TPSA) is 127 Å². The van der Waals surface area contributed by atoms with E-state index in [9.17, 15) is 8.42 Å². The van der Waals surface area contributed by atoms with Crippen LogP contribution in [0.1, 0.15) is 30.2 Å². The largest absolute Gasteiger partial charge is 0.361 e. The number of H-pyrrole nitrogens is 1. The van der Waals surface area contributed by atoms with Gasteiger partial charge in [-0.15, -0.1) is 10.2 Å². The van der Waals surface area contributed by atoms with E-state index in [4.69, 9.17) is 4.52 Å². The van der Waals surface area contributed by atoms with Crippen molar-refractivity contribution < 1.29 is 12.9 Å². The predicted molar refractivity (Wildman–Crippen MR) is 59.6 cm³/mol. The molecule has 0 radical (unpaired) electrons. The molecule has 0 saturated heterocycles. The molecule has 1 unspecified atom stereocenters. The molecule has 2 N–H and O–H groups in total. The Kier molecular flexibility index (Phi) is 3.39. The van der Waals surface area contributed by atoms with Crippen LogP contribution in [0.3, 0.4) is 0 Å². The first kappa shape index (κ1) is 12.6. The van der Waals surface area contributed by atoms with E-state index in [2.05, 4.69) is 30.5 Å². The molecule has 0 fully saturated rings. The molecule has 2 aromatic rings. The van der Waals surface area contributed by atoms with Crippen molar-refractivity contribution in [3.8, 4) is 0 Å². The van der Waals surface area contributed by atoms with Crippen LogP contribution in [0, 0.1) is 6.92 Å². The molecular formula is C8H12N6O3S. The maximum absolute atomic E-state index is 11.8. The van der Waals surface area contributed by atoms with Gasteiger partial charge in [0.15, 0.2) is 5.82 Å². The molecule has 98 valence electrons. The second-order valence-corrected chi connectivity index (χ2v) is 5.55. The molecule has 18 heavy (non-hydrogen) atoms. The molecule has 0 saturated carbocycles. The summed E-state index contributed by atoms with van der Waals surface area (Å²) in [7, 11) is -3.54. The lowest BCUT2D eigenvalue weighted by Crippen LogP contribution is -2.28. The molecule has 2 aromatic heterocycles. The van der Waals surface area contributed by atoms with E-state index in [0.717, 1.165) is 0 Å². The first-order chi connectivity index (χ1) is 8.46. The third-order valence-corrected chi connectivity index (χ3v) is 3.51. The number of tetrazole rings is 1. The quantitative estimate of drug-likeness (QED) is 0.763. The van der Waals surface area contributed by atoms with Crippen LogP contribution in [0.15, 0.2) is 10.6 Å². The maximum Gasteiger partial charge on any atom is 0.218 e. The monoisotopic (exact) mass is 272 g/mol. The molecule has 0 aromatic carbocycles. The van der Waals surface area contributed by atoms with Crippen molar-refractivity contribution in [2.24, 2.45) is 0 Å². The summed E-state index contributed by atoms with van der Waals surface area (Å²) in [5, 5.41) is 16.7. The summed E-state index contributed by atoms with van der Waals surface area (Å²) in [5.41, 5.74) is 0.348. The van der Waals surface area contributed by atoms with E-state index in [1.54, 1.807) is 19.9 Å². The summed E-state index contributed by atoms with van der Waals surface area (Å²) in [6.45, 7) is 3.31. The SMILES string of the molecule is Cc1cc(CS(=O)(=O)NC(C)c2nn[nH]n2)no1. The molecule has 0 spiro atoms. The zero-order valence-electron chi connectivity index (χ0n) is 9.78. The number of rotatable bonds is 5. The number of nitrogens with zero attached hydrogens (tertiary/aromatic N) is 4. The van der Waals surface area contributed by atoms with E-state index < -0.39 is 16.1 Å². The summed E-state index contributed by atoms with van der Waals surface area (Å²) in [6, 6.07) is 1.000. The van der Waals surface area contributed by atoms with Crippen molar-refractivity contribution in [2.45, 2.75) is 25.6 Å². The predicted octanol–water partition coefficient (Wildman–Crippen LogP) is -0.323. The molecule has 2 heterocycles. The Balaban J connectivity index is 2.03. The number of aromatic nitrogens is 5. The second-order valence-electron chi connectivity index (χ2n) is 3.80. The average Bonchev–Trinajstić information content (AvgIpc) is 2.88. The summed E-state index contributed by atoms with van der Waals surface area (Å²) in [4.78, 5) is 0.